The molecule has 4 heteroatoms. The topological polar surface area (TPSA) is 52.0 Å². The lowest BCUT2D eigenvalue weighted by Gasteiger charge is -2.11. The molecule has 80 valence electrons. The summed E-state index contributed by atoms with van der Waals surface area (Å²) in [5, 5.41) is 0. The van der Waals surface area contributed by atoms with Gasteiger partial charge in [-0.1, -0.05) is 0 Å². The number of carbonyl (C=O) groups is 1. The van der Waals surface area contributed by atoms with Crippen molar-refractivity contribution in [2.45, 2.75) is 38.6 Å². The molecule has 0 aromatic carbocycles. The first-order chi connectivity index (χ1) is 7.09. The van der Waals surface area contributed by atoms with Gasteiger partial charge in [0.1, 0.15) is 0 Å². The summed E-state index contributed by atoms with van der Waals surface area (Å²) >= 11 is 0. The standard InChI is InChI=1S/C11H14N2O2/c1-7(8(2)14)13-6-12-10(5-11(13)15)9-3-4-9/h5-7,9H,3-4H2,1-2H3. The molecule has 15 heavy (non-hydrogen) atoms. The number of aromatic nitrogens is 2. The lowest BCUT2D eigenvalue weighted by Crippen LogP contribution is -2.27. The summed E-state index contributed by atoms with van der Waals surface area (Å²) in [4.78, 5) is 27.0. The Labute approximate surface area is 88.0 Å². The van der Waals surface area contributed by atoms with E-state index in [0.717, 1.165) is 18.5 Å². The minimum atomic E-state index is -0.418. The van der Waals surface area contributed by atoms with E-state index >= 15 is 0 Å². The van der Waals surface area contributed by atoms with E-state index in [-0.39, 0.29) is 11.3 Å². The Hall–Kier alpha value is -1.45. The highest BCUT2D eigenvalue weighted by Crippen LogP contribution is 2.38. The summed E-state index contributed by atoms with van der Waals surface area (Å²) in [5.41, 5.74) is 0.738. The zero-order valence-electron chi connectivity index (χ0n) is 8.93. The number of ketones is 1. The number of carbonyl (C=O) groups excluding carboxylic acids is 1. The second-order valence-corrected chi connectivity index (χ2v) is 4.12. The van der Waals surface area contributed by atoms with Gasteiger partial charge in [-0.3, -0.25) is 14.2 Å². The second-order valence-electron chi connectivity index (χ2n) is 4.12. The SMILES string of the molecule is CC(=O)C(C)n1cnc(C2CC2)cc1=O. The van der Waals surface area contributed by atoms with Crippen LogP contribution in [0, 0.1) is 0 Å². The van der Waals surface area contributed by atoms with Gasteiger partial charge in [-0.05, 0) is 26.7 Å². The fourth-order valence-electron chi connectivity index (χ4n) is 1.51. The van der Waals surface area contributed by atoms with Gasteiger partial charge < -0.3 is 0 Å². The third kappa shape index (κ3) is 1.98. The highest BCUT2D eigenvalue weighted by Gasteiger charge is 2.25. The number of hydrogen-bond acceptors (Lipinski definition) is 3. The van der Waals surface area contributed by atoms with Crippen LogP contribution in [-0.4, -0.2) is 15.3 Å². The zero-order chi connectivity index (χ0) is 11.0. The quantitative estimate of drug-likeness (QED) is 0.748. The largest absolute Gasteiger partial charge is 0.298 e. The van der Waals surface area contributed by atoms with Crippen molar-refractivity contribution in [2.75, 3.05) is 0 Å². The fraction of sp³-hybridized carbons (Fsp3) is 0.545. The molecule has 1 aromatic heterocycles. The Morgan fingerprint density at radius 1 is 1.60 bits per heavy atom. The smallest absolute Gasteiger partial charge is 0.254 e. The van der Waals surface area contributed by atoms with E-state index in [1.807, 2.05) is 0 Å². The third-order valence-electron chi connectivity index (χ3n) is 2.86. The van der Waals surface area contributed by atoms with Crippen LogP contribution in [0.4, 0.5) is 0 Å². The number of rotatable bonds is 3. The average molecular weight is 206 g/mol. The van der Waals surface area contributed by atoms with Crippen molar-refractivity contribution >= 4 is 5.78 Å². The predicted molar refractivity (Wildman–Crippen MR) is 55.9 cm³/mol. The molecule has 1 aliphatic carbocycles. The van der Waals surface area contributed by atoms with Gasteiger partial charge in [-0.2, -0.15) is 0 Å². The molecule has 0 N–H and O–H groups in total. The van der Waals surface area contributed by atoms with Crippen LogP contribution >= 0.6 is 0 Å². The van der Waals surface area contributed by atoms with Crippen molar-refractivity contribution in [3.05, 3.63) is 28.4 Å². The van der Waals surface area contributed by atoms with Crippen molar-refractivity contribution in [3.8, 4) is 0 Å². The molecular weight excluding hydrogens is 192 g/mol. The molecule has 0 spiro atoms. The molecular formula is C11H14N2O2. The minimum absolute atomic E-state index is 0.0296. The van der Waals surface area contributed by atoms with E-state index in [1.165, 1.54) is 17.8 Å². The molecule has 1 atom stereocenters. The first kappa shape index (κ1) is 10.1. The Morgan fingerprint density at radius 3 is 2.73 bits per heavy atom. The number of nitrogens with zero attached hydrogens (tertiary/aromatic N) is 2. The van der Waals surface area contributed by atoms with Crippen LogP contribution in [0.25, 0.3) is 0 Å². The van der Waals surface area contributed by atoms with E-state index in [1.54, 1.807) is 13.0 Å². The normalized spacial score (nSPS) is 17.5. The first-order valence-corrected chi connectivity index (χ1v) is 5.18. The fourth-order valence-corrected chi connectivity index (χ4v) is 1.51. The molecule has 1 aromatic rings. The van der Waals surface area contributed by atoms with Crippen molar-refractivity contribution < 1.29 is 4.79 Å². The lowest BCUT2D eigenvalue weighted by molar-refractivity contribution is -0.119. The van der Waals surface area contributed by atoms with Gasteiger partial charge >= 0.3 is 0 Å². The van der Waals surface area contributed by atoms with Crippen LogP contribution in [0.1, 0.15) is 44.3 Å². The summed E-state index contributed by atoms with van der Waals surface area (Å²) in [6.07, 6.45) is 3.74. The molecule has 1 saturated carbocycles. The maximum Gasteiger partial charge on any atom is 0.254 e. The summed E-state index contributed by atoms with van der Waals surface area (Å²) in [5.74, 6) is 0.443. The molecule has 0 radical (unpaired) electrons. The van der Waals surface area contributed by atoms with Gasteiger partial charge in [-0.25, -0.2) is 4.98 Å². The molecule has 2 rings (SSSR count). The zero-order valence-corrected chi connectivity index (χ0v) is 8.93. The molecule has 0 aliphatic heterocycles. The van der Waals surface area contributed by atoms with Crippen LogP contribution in [0.15, 0.2) is 17.2 Å². The van der Waals surface area contributed by atoms with E-state index in [2.05, 4.69) is 4.98 Å². The third-order valence-corrected chi connectivity index (χ3v) is 2.86. The molecule has 0 amide bonds. The Bertz CT molecular complexity index is 446. The van der Waals surface area contributed by atoms with E-state index in [9.17, 15) is 9.59 Å². The molecule has 4 nitrogen and oxygen atoms in total. The van der Waals surface area contributed by atoms with Crippen molar-refractivity contribution in [2.24, 2.45) is 0 Å². The summed E-state index contributed by atoms with van der Waals surface area (Å²) in [7, 11) is 0. The van der Waals surface area contributed by atoms with Crippen LogP contribution < -0.4 is 5.56 Å². The first-order valence-electron chi connectivity index (χ1n) is 5.18. The van der Waals surface area contributed by atoms with Crippen molar-refractivity contribution in [3.63, 3.8) is 0 Å². The molecule has 1 unspecified atom stereocenters. The van der Waals surface area contributed by atoms with Crippen molar-refractivity contribution in [1.82, 2.24) is 9.55 Å². The average Bonchev–Trinajstić information content (AvgIpc) is 2.99. The highest BCUT2D eigenvalue weighted by molar-refractivity contribution is 5.79. The van der Waals surface area contributed by atoms with Crippen molar-refractivity contribution in [1.29, 1.82) is 0 Å². The van der Waals surface area contributed by atoms with E-state index < -0.39 is 6.04 Å². The Morgan fingerprint density at radius 2 is 2.27 bits per heavy atom. The highest BCUT2D eigenvalue weighted by atomic mass is 16.1. The maximum atomic E-state index is 11.7. The molecule has 0 saturated heterocycles. The lowest BCUT2D eigenvalue weighted by atomic mass is 10.2. The van der Waals surface area contributed by atoms with Gasteiger partial charge in [0.2, 0.25) is 0 Å². The van der Waals surface area contributed by atoms with E-state index in [4.69, 9.17) is 0 Å². The second kappa shape index (κ2) is 3.61. The van der Waals surface area contributed by atoms with Gasteiger partial charge in [0, 0.05) is 12.0 Å². The van der Waals surface area contributed by atoms with Gasteiger partial charge in [-0.15, -0.1) is 0 Å². The predicted octanol–water partition coefficient (Wildman–Crippen LogP) is 1.27. The monoisotopic (exact) mass is 206 g/mol. The van der Waals surface area contributed by atoms with Gasteiger partial charge in [0.25, 0.3) is 5.56 Å². The van der Waals surface area contributed by atoms with Crippen LogP contribution in [0.2, 0.25) is 0 Å². The van der Waals surface area contributed by atoms with Crippen LogP contribution in [0.5, 0.6) is 0 Å². The van der Waals surface area contributed by atoms with E-state index in [0.29, 0.717) is 5.92 Å². The minimum Gasteiger partial charge on any atom is -0.298 e. The summed E-state index contributed by atoms with van der Waals surface area (Å²) < 4.78 is 1.38. The molecule has 0 bridgehead atoms. The van der Waals surface area contributed by atoms with Crippen LogP contribution in [-0.2, 0) is 4.79 Å². The van der Waals surface area contributed by atoms with Crippen LogP contribution in [0.3, 0.4) is 0 Å². The Balaban J connectivity index is 2.33. The number of hydrogen-bond donors (Lipinski definition) is 0. The maximum absolute atomic E-state index is 11.7. The molecule has 1 heterocycles. The summed E-state index contributed by atoms with van der Waals surface area (Å²) in [6, 6.07) is 1.13. The van der Waals surface area contributed by atoms with Gasteiger partial charge in [0.05, 0.1) is 18.1 Å². The number of Topliss-reactive ketones (excluding diaryl/α,β-unsaturated/α-hetero) is 1. The molecule has 1 aliphatic rings. The molecule has 1 fully saturated rings. The summed E-state index contributed by atoms with van der Waals surface area (Å²) in [6.45, 7) is 3.19. The van der Waals surface area contributed by atoms with Gasteiger partial charge in [0.15, 0.2) is 5.78 Å². The Kier molecular flexibility index (Phi) is 2.42.